The van der Waals surface area contributed by atoms with E-state index in [1.165, 1.54) is 37.2 Å². The fourth-order valence-electron chi connectivity index (χ4n) is 3.92. The third-order valence-electron chi connectivity index (χ3n) is 5.80. The molecule has 0 saturated heterocycles. The van der Waals surface area contributed by atoms with Crippen molar-refractivity contribution in [1.82, 2.24) is 4.31 Å². The summed E-state index contributed by atoms with van der Waals surface area (Å²) in [5.41, 5.74) is 0.931. The van der Waals surface area contributed by atoms with Gasteiger partial charge in [0, 0.05) is 25.7 Å². The van der Waals surface area contributed by atoms with E-state index < -0.39 is 27.7 Å². The molecule has 1 N–H and O–H groups in total. The number of ketones is 1. The second kappa shape index (κ2) is 8.64. The van der Waals surface area contributed by atoms with Crippen molar-refractivity contribution >= 4 is 27.4 Å². The first-order valence-electron chi connectivity index (χ1n) is 10.7. The van der Waals surface area contributed by atoms with E-state index in [1.807, 2.05) is 6.92 Å². The van der Waals surface area contributed by atoms with Gasteiger partial charge >= 0.3 is 0 Å². The smallest absolute Gasteiger partial charge is 0.294 e. The Labute approximate surface area is 193 Å². The third kappa shape index (κ3) is 4.14. The summed E-state index contributed by atoms with van der Waals surface area (Å²) in [4.78, 5) is 27.6. The van der Waals surface area contributed by atoms with Gasteiger partial charge in [-0.3, -0.25) is 14.5 Å². The molecule has 0 aromatic heterocycles. The van der Waals surface area contributed by atoms with Gasteiger partial charge in [-0.2, -0.15) is 0 Å². The first-order chi connectivity index (χ1) is 15.7. The van der Waals surface area contributed by atoms with Gasteiger partial charge in [0.15, 0.2) is 11.5 Å². The molecule has 2 aromatic carbocycles. The number of carbonyl (C=O) groups is 2. The molecule has 33 heavy (non-hydrogen) atoms. The van der Waals surface area contributed by atoms with Crippen molar-refractivity contribution in [1.29, 1.82) is 0 Å². The number of aliphatic hydroxyl groups excluding tert-OH is 1. The van der Waals surface area contributed by atoms with Crippen molar-refractivity contribution in [3.05, 3.63) is 65.4 Å². The summed E-state index contributed by atoms with van der Waals surface area (Å²) in [6, 6.07) is 12.0. The maximum absolute atomic E-state index is 13.2. The zero-order chi connectivity index (χ0) is 23.9. The topological polar surface area (TPSA) is 104 Å². The Hall–Kier alpha value is -3.17. The summed E-state index contributed by atoms with van der Waals surface area (Å²) in [5.74, 6) is -1.15. The number of sulfonamides is 1. The first-order valence-corrected chi connectivity index (χ1v) is 12.2. The molecule has 0 radical (unpaired) electrons. The molecule has 1 aliphatic heterocycles. The molecule has 1 heterocycles. The number of amides is 1. The third-order valence-corrected chi connectivity index (χ3v) is 7.61. The van der Waals surface area contributed by atoms with E-state index in [0.29, 0.717) is 17.9 Å². The second-order valence-corrected chi connectivity index (χ2v) is 10.4. The van der Waals surface area contributed by atoms with Gasteiger partial charge in [0.05, 0.1) is 23.1 Å². The number of hydrogen-bond acceptors (Lipinski definition) is 6. The lowest BCUT2D eigenvalue weighted by atomic mass is 9.94. The van der Waals surface area contributed by atoms with E-state index >= 15 is 0 Å². The highest BCUT2D eigenvalue weighted by Gasteiger charge is 2.47. The lowest BCUT2D eigenvalue weighted by Crippen LogP contribution is -2.31. The van der Waals surface area contributed by atoms with Gasteiger partial charge in [-0.25, -0.2) is 12.7 Å². The fourth-order valence-corrected chi connectivity index (χ4v) is 4.86. The second-order valence-electron chi connectivity index (χ2n) is 8.27. The van der Waals surface area contributed by atoms with Crippen LogP contribution in [0.2, 0.25) is 0 Å². The van der Waals surface area contributed by atoms with Gasteiger partial charge in [0.1, 0.15) is 5.75 Å². The van der Waals surface area contributed by atoms with E-state index in [0.717, 1.165) is 17.1 Å². The van der Waals surface area contributed by atoms with Crippen LogP contribution in [-0.2, 0) is 19.6 Å². The molecule has 1 aliphatic carbocycles. The Morgan fingerprint density at radius 3 is 2.39 bits per heavy atom. The Bertz CT molecular complexity index is 1230. The van der Waals surface area contributed by atoms with Crippen LogP contribution in [0.4, 0.5) is 5.69 Å². The van der Waals surface area contributed by atoms with Crippen molar-refractivity contribution in [2.24, 2.45) is 5.92 Å². The number of carbonyl (C=O) groups excluding carboxylic acids is 2. The molecule has 1 amide bonds. The maximum Gasteiger partial charge on any atom is 0.294 e. The molecular weight excluding hydrogens is 444 g/mol. The number of rotatable bonds is 8. The molecule has 0 bridgehead atoms. The summed E-state index contributed by atoms with van der Waals surface area (Å²) in [5, 5.41) is 10.7. The van der Waals surface area contributed by atoms with Gasteiger partial charge < -0.3 is 9.84 Å². The minimum absolute atomic E-state index is 0.00435. The van der Waals surface area contributed by atoms with E-state index in [-0.39, 0.29) is 27.9 Å². The summed E-state index contributed by atoms with van der Waals surface area (Å²) in [7, 11) is -0.907. The highest BCUT2D eigenvalue weighted by atomic mass is 32.2. The quantitative estimate of drug-likeness (QED) is 0.635. The minimum Gasteiger partial charge on any atom is -0.503 e. The number of hydrogen-bond donors (Lipinski definition) is 1. The molecular formula is C24H26N2O6S. The van der Waals surface area contributed by atoms with Crippen molar-refractivity contribution in [3.63, 3.8) is 0 Å². The van der Waals surface area contributed by atoms with Gasteiger partial charge in [0.2, 0.25) is 10.0 Å². The van der Waals surface area contributed by atoms with Crippen molar-refractivity contribution in [2.75, 3.05) is 25.6 Å². The van der Waals surface area contributed by atoms with Gasteiger partial charge in [0.25, 0.3) is 5.91 Å². The standard InChI is InChI=1S/C24H26N2O6S/c1-4-32-18-12-10-15(11-13-18)21-20(22(27)16-8-9-16)23(28)24(29)26(21)17-6-5-7-19(14-17)33(30,31)25(2)3/h5-7,10-14,16,21,28H,4,8-9H2,1-3H3/t21-/m0/s1. The van der Waals surface area contributed by atoms with Crippen molar-refractivity contribution in [2.45, 2.75) is 30.7 Å². The lowest BCUT2D eigenvalue weighted by Gasteiger charge is -2.27. The van der Waals surface area contributed by atoms with Crippen LogP contribution in [0.1, 0.15) is 31.4 Å². The molecule has 2 aliphatic rings. The van der Waals surface area contributed by atoms with Crippen molar-refractivity contribution < 1.29 is 27.9 Å². The fraction of sp³-hybridized carbons (Fsp3) is 0.333. The van der Waals surface area contributed by atoms with Gasteiger partial charge in [-0.05, 0) is 55.7 Å². The highest BCUT2D eigenvalue weighted by Crippen LogP contribution is 2.45. The number of aliphatic hydroxyl groups is 1. The average Bonchev–Trinajstić information content (AvgIpc) is 3.61. The maximum atomic E-state index is 13.2. The largest absolute Gasteiger partial charge is 0.503 e. The van der Waals surface area contributed by atoms with Crippen LogP contribution in [0.3, 0.4) is 0 Å². The predicted molar refractivity (Wildman–Crippen MR) is 123 cm³/mol. The Morgan fingerprint density at radius 2 is 1.82 bits per heavy atom. The van der Waals surface area contributed by atoms with Crippen LogP contribution in [-0.4, -0.2) is 50.2 Å². The summed E-state index contributed by atoms with van der Waals surface area (Å²) < 4.78 is 31.9. The summed E-state index contributed by atoms with van der Waals surface area (Å²) in [6.45, 7) is 2.36. The number of benzene rings is 2. The van der Waals surface area contributed by atoms with Crippen LogP contribution in [0.15, 0.2) is 64.8 Å². The number of ether oxygens (including phenoxy) is 1. The average molecular weight is 471 g/mol. The van der Waals surface area contributed by atoms with Gasteiger partial charge in [-0.1, -0.05) is 18.2 Å². The molecule has 8 nitrogen and oxygen atoms in total. The van der Waals surface area contributed by atoms with Gasteiger partial charge in [-0.15, -0.1) is 0 Å². The predicted octanol–water partition coefficient (Wildman–Crippen LogP) is 3.21. The monoisotopic (exact) mass is 470 g/mol. The van der Waals surface area contributed by atoms with E-state index in [1.54, 1.807) is 30.3 Å². The minimum atomic E-state index is -3.75. The van der Waals surface area contributed by atoms with Crippen LogP contribution in [0, 0.1) is 5.92 Å². The van der Waals surface area contributed by atoms with Crippen LogP contribution < -0.4 is 9.64 Å². The molecule has 1 fully saturated rings. The molecule has 0 unspecified atom stereocenters. The Kier molecular flexibility index (Phi) is 6.02. The first kappa shape index (κ1) is 23.0. The molecule has 1 saturated carbocycles. The molecule has 174 valence electrons. The zero-order valence-corrected chi connectivity index (χ0v) is 19.5. The lowest BCUT2D eigenvalue weighted by molar-refractivity contribution is -0.118. The summed E-state index contributed by atoms with van der Waals surface area (Å²) in [6.07, 6.45) is 1.44. The van der Waals surface area contributed by atoms with Crippen LogP contribution in [0.5, 0.6) is 5.75 Å². The van der Waals surface area contributed by atoms with Crippen molar-refractivity contribution in [3.8, 4) is 5.75 Å². The van der Waals surface area contributed by atoms with E-state index in [4.69, 9.17) is 4.74 Å². The number of anilines is 1. The highest BCUT2D eigenvalue weighted by molar-refractivity contribution is 7.89. The summed E-state index contributed by atoms with van der Waals surface area (Å²) >= 11 is 0. The van der Waals surface area contributed by atoms with Crippen LogP contribution >= 0.6 is 0 Å². The molecule has 2 aromatic rings. The molecule has 0 spiro atoms. The Morgan fingerprint density at radius 1 is 1.15 bits per heavy atom. The molecule has 4 rings (SSSR count). The van der Waals surface area contributed by atoms with E-state index in [9.17, 15) is 23.1 Å². The molecule has 1 atom stereocenters. The normalized spacial score (nSPS) is 18.8. The zero-order valence-electron chi connectivity index (χ0n) is 18.7. The molecule has 9 heteroatoms. The number of Topliss-reactive ketones (excluding diaryl/α,β-unsaturated/α-hetero) is 1. The SMILES string of the molecule is CCOc1ccc([C@H]2C(C(=O)C3CC3)=C(O)C(=O)N2c2cccc(S(=O)(=O)N(C)C)c2)cc1. The Balaban J connectivity index is 1.83. The van der Waals surface area contributed by atoms with Crippen LogP contribution in [0.25, 0.3) is 0 Å². The van der Waals surface area contributed by atoms with E-state index in [2.05, 4.69) is 0 Å². The number of nitrogens with zero attached hydrogens (tertiary/aromatic N) is 2.